The lowest BCUT2D eigenvalue weighted by Gasteiger charge is -2.35. The molecule has 0 bridgehead atoms. The number of carbonyl (C=O) groups excluding carboxylic acids is 2. The summed E-state index contributed by atoms with van der Waals surface area (Å²) in [6, 6.07) is 4.09. The van der Waals surface area contributed by atoms with Crippen LogP contribution in [0.25, 0.3) is 0 Å². The van der Waals surface area contributed by atoms with Crippen molar-refractivity contribution in [3.8, 4) is 0 Å². The molecule has 1 aliphatic heterocycles. The Bertz CT molecular complexity index is 548. The minimum atomic E-state index is -0.182. The molecule has 118 valence electrons. The van der Waals surface area contributed by atoms with Gasteiger partial charge in [0.2, 0.25) is 11.8 Å². The summed E-state index contributed by atoms with van der Waals surface area (Å²) >= 11 is 0. The molecule has 22 heavy (non-hydrogen) atoms. The van der Waals surface area contributed by atoms with E-state index >= 15 is 0 Å². The van der Waals surface area contributed by atoms with E-state index in [0.717, 1.165) is 24.6 Å². The molecule has 1 saturated carbocycles. The highest BCUT2D eigenvalue weighted by Gasteiger charge is 2.26. The summed E-state index contributed by atoms with van der Waals surface area (Å²) in [5.74, 6) is 1.27. The van der Waals surface area contributed by atoms with Gasteiger partial charge in [-0.3, -0.25) is 9.59 Å². The highest BCUT2D eigenvalue weighted by molar-refractivity contribution is 5.83. The molecule has 1 N–H and O–H groups in total. The van der Waals surface area contributed by atoms with Gasteiger partial charge in [-0.15, -0.1) is 5.10 Å². The summed E-state index contributed by atoms with van der Waals surface area (Å²) in [6.45, 7) is 4.25. The summed E-state index contributed by atoms with van der Waals surface area (Å²) in [6.07, 6.45) is 2.45. The Hall–Kier alpha value is -2.18. The van der Waals surface area contributed by atoms with E-state index in [1.54, 1.807) is 4.90 Å². The highest BCUT2D eigenvalue weighted by Crippen LogP contribution is 2.38. The van der Waals surface area contributed by atoms with Crippen LogP contribution in [-0.2, 0) is 9.59 Å². The van der Waals surface area contributed by atoms with E-state index in [1.165, 1.54) is 19.8 Å². The lowest BCUT2D eigenvalue weighted by Crippen LogP contribution is -2.51. The molecular weight excluding hydrogens is 282 g/mol. The van der Waals surface area contributed by atoms with Gasteiger partial charge in [0.1, 0.15) is 0 Å². The number of nitrogens with zero attached hydrogens (tertiary/aromatic N) is 4. The number of nitrogens with one attached hydrogen (secondary N) is 1. The third-order valence-corrected chi connectivity index (χ3v) is 4.11. The van der Waals surface area contributed by atoms with Gasteiger partial charge in [-0.1, -0.05) is 0 Å². The van der Waals surface area contributed by atoms with Gasteiger partial charge in [-0.05, 0) is 25.0 Å². The maximum Gasteiger partial charge on any atom is 0.242 e. The fourth-order valence-corrected chi connectivity index (χ4v) is 2.60. The van der Waals surface area contributed by atoms with Crippen LogP contribution in [0.4, 0.5) is 5.82 Å². The van der Waals surface area contributed by atoms with Gasteiger partial charge in [0.05, 0.1) is 12.2 Å². The number of carbonyl (C=O) groups is 2. The first-order valence-electron chi connectivity index (χ1n) is 7.74. The van der Waals surface area contributed by atoms with Crippen LogP contribution in [0, 0.1) is 0 Å². The van der Waals surface area contributed by atoms with Gasteiger partial charge in [0.15, 0.2) is 5.82 Å². The van der Waals surface area contributed by atoms with E-state index in [0.29, 0.717) is 19.0 Å². The Kier molecular flexibility index (Phi) is 4.22. The second kappa shape index (κ2) is 6.29. The number of aromatic nitrogens is 2. The number of piperazine rings is 1. The number of rotatable bonds is 4. The largest absolute Gasteiger partial charge is 0.352 e. The van der Waals surface area contributed by atoms with E-state index < -0.39 is 0 Å². The summed E-state index contributed by atoms with van der Waals surface area (Å²) in [5.41, 5.74) is 1.09. The number of amides is 2. The second-order valence-corrected chi connectivity index (χ2v) is 5.87. The molecule has 2 aliphatic rings. The predicted octanol–water partition coefficient (Wildman–Crippen LogP) is 0.139. The van der Waals surface area contributed by atoms with Crippen molar-refractivity contribution in [1.29, 1.82) is 0 Å². The monoisotopic (exact) mass is 303 g/mol. The van der Waals surface area contributed by atoms with E-state index in [4.69, 9.17) is 0 Å². The Balaban J connectivity index is 1.50. The van der Waals surface area contributed by atoms with E-state index in [9.17, 15) is 9.59 Å². The minimum Gasteiger partial charge on any atom is -0.352 e. The lowest BCUT2D eigenvalue weighted by molar-refractivity contribution is -0.132. The Morgan fingerprint density at radius 2 is 1.91 bits per heavy atom. The van der Waals surface area contributed by atoms with Crippen LogP contribution in [-0.4, -0.2) is 59.6 Å². The molecule has 7 heteroatoms. The third-order valence-electron chi connectivity index (χ3n) is 4.11. The SMILES string of the molecule is CC(=O)NCC(=O)N1CCN(c2ccc(C3CC3)nn2)CC1. The summed E-state index contributed by atoms with van der Waals surface area (Å²) in [4.78, 5) is 26.7. The quantitative estimate of drug-likeness (QED) is 0.856. The summed E-state index contributed by atoms with van der Waals surface area (Å²) in [7, 11) is 0. The highest BCUT2D eigenvalue weighted by atomic mass is 16.2. The van der Waals surface area contributed by atoms with Crippen LogP contribution in [0.15, 0.2) is 12.1 Å². The second-order valence-electron chi connectivity index (χ2n) is 5.87. The van der Waals surface area contributed by atoms with Crippen LogP contribution >= 0.6 is 0 Å². The van der Waals surface area contributed by atoms with Crippen LogP contribution in [0.5, 0.6) is 0 Å². The molecule has 2 fully saturated rings. The van der Waals surface area contributed by atoms with Gasteiger partial charge in [0.25, 0.3) is 0 Å². The van der Waals surface area contributed by atoms with Crippen LogP contribution in [0.3, 0.4) is 0 Å². The first-order valence-corrected chi connectivity index (χ1v) is 7.74. The number of anilines is 1. The molecule has 2 heterocycles. The molecule has 1 saturated heterocycles. The Morgan fingerprint density at radius 1 is 1.18 bits per heavy atom. The molecule has 1 aromatic heterocycles. The fraction of sp³-hybridized carbons (Fsp3) is 0.600. The van der Waals surface area contributed by atoms with Gasteiger partial charge < -0.3 is 15.1 Å². The molecule has 2 amide bonds. The van der Waals surface area contributed by atoms with Gasteiger partial charge in [0, 0.05) is 39.0 Å². The van der Waals surface area contributed by atoms with Crippen molar-refractivity contribution in [3.05, 3.63) is 17.8 Å². The smallest absolute Gasteiger partial charge is 0.242 e. The van der Waals surface area contributed by atoms with Gasteiger partial charge in [-0.25, -0.2) is 0 Å². The standard InChI is InChI=1S/C15H21N5O2/c1-11(21)16-10-15(22)20-8-6-19(7-9-20)14-5-4-13(17-18-14)12-2-3-12/h4-5,12H,2-3,6-10H2,1H3,(H,16,21). The predicted molar refractivity (Wildman–Crippen MR) is 81.5 cm³/mol. The molecule has 0 radical (unpaired) electrons. The molecule has 1 aromatic rings. The Morgan fingerprint density at radius 3 is 2.45 bits per heavy atom. The van der Waals surface area contributed by atoms with Crippen LogP contribution in [0.1, 0.15) is 31.4 Å². The summed E-state index contributed by atoms with van der Waals surface area (Å²) < 4.78 is 0. The average Bonchev–Trinajstić information content (AvgIpc) is 3.38. The van der Waals surface area contributed by atoms with E-state index in [2.05, 4.69) is 26.5 Å². The van der Waals surface area contributed by atoms with Crippen molar-refractivity contribution in [2.45, 2.75) is 25.7 Å². The first kappa shape index (κ1) is 14.7. The number of hydrogen-bond acceptors (Lipinski definition) is 5. The van der Waals surface area contributed by atoms with Crippen molar-refractivity contribution in [1.82, 2.24) is 20.4 Å². The van der Waals surface area contributed by atoms with Crippen LogP contribution in [0.2, 0.25) is 0 Å². The van der Waals surface area contributed by atoms with Crippen molar-refractivity contribution in [2.75, 3.05) is 37.6 Å². The normalized spacial score (nSPS) is 18.2. The molecular formula is C15H21N5O2. The fourth-order valence-electron chi connectivity index (χ4n) is 2.60. The van der Waals surface area contributed by atoms with E-state index in [-0.39, 0.29) is 18.4 Å². The third kappa shape index (κ3) is 3.52. The number of hydrogen-bond donors (Lipinski definition) is 1. The van der Waals surface area contributed by atoms with Gasteiger partial charge in [-0.2, -0.15) is 5.10 Å². The van der Waals surface area contributed by atoms with Gasteiger partial charge >= 0.3 is 0 Å². The van der Waals surface area contributed by atoms with Crippen LogP contribution < -0.4 is 10.2 Å². The molecule has 0 atom stereocenters. The lowest BCUT2D eigenvalue weighted by atomic mass is 10.2. The molecule has 1 aliphatic carbocycles. The zero-order valence-electron chi connectivity index (χ0n) is 12.8. The average molecular weight is 303 g/mol. The summed E-state index contributed by atoms with van der Waals surface area (Å²) in [5, 5.41) is 11.1. The maximum atomic E-state index is 11.9. The maximum absolute atomic E-state index is 11.9. The zero-order chi connectivity index (χ0) is 15.5. The molecule has 0 aromatic carbocycles. The van der Waals surface area contributed by atoms with Crippen molar-refractivity contribution >= 4 is 17.6 Å². The topological polar surface area (TPSA) is 78.4 Å². The first-order chi connectivity index (χ1) is 10.6. The molecule has 3 rings (SSSR count). The molecule has 7 nitrogen and oxygen atoms in total. The molecule has 0 spiro atoms. The van der Waals surface area contributed by atoms with Crippen molar-refractivity contribution < 1.29 is 9.59 Å². The van der Waals surface area contributed by atoms with Crippen molar-refractivity contribution in [3.63, 3.8) is 0 Å². The molecule has 0 unspecified atom stereocenters. The van der Waals surface area contributed by atoms with E-state index in [1.807, 2.05) is 6.07 Å². The Labute approximate surface area is 129 Å². The zero-order valence-corrected chi connectivity index (χ0v) is 12.8. The van der Waals surface area contributed by atoms with Crippen molar-refractivity contribution in [2.24, 2.45) is 0 Å². The minimum absolute atomic E-state index is 0.0370.